The SMILES string of the molecule is CC(C)CCCC(C)CCCC(C)CCCC1(C)CCc2cc(O)ccc2O1.Cc1c(C)c2c(c(C)c1O)CC[C@@](C)(CCC[C@H](C)CCC[C@H](C)CCCC(C)C)O2. The number of rotatable bonds is 24. The van der Waals surface area contributed by atoms with Crippen LogP contribution in [0.15, 0.2) is 18.2 Å². The molecule has 0 saturated carbocycles. The Morgan fingerprint density at radius 1 is 0.525 bits per heavy atom. The fourth-order valence-electron chi connectivity index (χ4n) is 9.83. The topological polar surface area (TPSA) is 58.9 Å². The summed E-state index contributed by atoms with van der Waals surface area (Å²) in [6.45, 7) is 29.7. The predicted molar refractivity (Wildman–Crippen MR) is 255 cm³/mol. The molecule has 4 heteroatoms. The molecule has 0 amide bonds. The summed E-state index contributed by atoms with van der Waals surface area (Å²) in [5, 5.41) is 20.0. The van der Waals surface area contributed by atoms with Crippen LogP contribution < -0.4 is 9.47 Å². The predicted octanol–water partition coefficient (Wildman–Crippen LogP) is 16.8. The van der Waals surface area contributed by atoms with Crippen molar-refractivity contribution < 1.29 is 19.7 Å². The highest BCUT2D eigenvalue weighted by atomic mass is 16.5. The second-order valence-corrected chi connectivity index (χ2v) is 21.6. The molecule has 2 aliphatic heterocycles. The highest BCUT2D eigenvalue weighted by molar-refractivity contribution is 5.58. The molecule has 3 unspecified atom stereocenters. The lowest BCUT2D eigenvalue weighted by Gasteiger charge is -2.38. The Kier molecular flexibility index (Phi) is 21.5. The van der Waals surface area contributed by atoms with Crippen molar-refractivity contribution >= 4 is 0 Å². The van der Waals surface area contributed by atoms with E-state index >= 15 is 0 Å². The third kappa shape index (κ3) is 17.9. The molecule has 4 rings (SSSR count). The number of phenols is 2. The number of hydrogen-bond donors (Lipinski definition) is 2. The molecule has 0 saturated heterocycles. The Labute approximate surface area is 365 Å². The molecule has 0 spiro atoms. The maximum absolute atomic E-state index is 10.4. The summed E-state index contributed by atoms with van der Waals surface area (Å²) in [7, 11) is 0. The Balaban J connectivity index is 0.000000317. The van der Waals surface area contributed by atoms with Crippen molar-refractivity contribution in [2.45, 2.75) is 242 Å². The van der Waals surface area contributed by atoms with Crippen LogP contribution in [0.5, 0.6) is 23.0 Å². The van der Waals surface area contributed by atoms with Crippen LogP contribution in [0.4, 0.5) is 0 Å². The maximum Gasteiger partial charge on any atom is 0.127 e. The molecule has 2 N–H and O–H groups in total. The highest BCUT2D eigenvalue weighted by Gasteiger charge is 2.34. The van der Waals surface area contributed by atoms with E-state index in [0.29, 0.717) is 11.5 Å². The van der Waals surface area contributed by atoms with Crippen LogP contribution in [-0.2, 0) is 12.8 Å². The van der Waals surface area contributed by atoms with Gasteiger partial charge in [-0.05, 0) is 162 Å². The van der Waals surface area contributed by atoms with Gasteiger partial charge in [-0.3, -0.25) is 0 Å². The monoisotopic (exact) mass is 819 g/mol. The van der Waals surface area contributed by atoms with Crippen LogP contribution in [0.25, 0.3) is 0 Å². The number of fused-ring (bicyclic) bond motifs is 2. The molecule has 0 aromatic heterocycles. The van der Waals surface area contributed by atoms with Crippen LogP contribution in [0.1, 0.15) is 225 Å². The van der Waals surface area contributed by atoms with Gasteiger partial charge in [0.1, 0.15) is 34.2 Å². The minimum Gasteiger partial charge on any atom is -0.508 e. The third-order valence-electron chi connectivity index (χ3n) is 14.5. The molecule has 338 valence electrons. The molecule has 0 radical (unpaired) electrons. The van der Waals surface area contributed by atoms with Crippen molar-refractivity contribution in [1.29, 1.82) is 0 Å². The van der Waals surface area contributed by atoms with Crippen LogP contribution in [0.3, 0.4) is 0 Å². The van der Waals surface area contributed by atoms with Gasteiger partial charge in [0.15, 0.2) is 0 Å². The van der Waals surface area contributed by atoms with Gasteiger partial charge < -0.3 is 19.7 Å². The van der Waals surface area contributed by atoms with Gasteiger partial charge in [-0.1, -0.05) is 145 Å². The van der Waals surface area contributed by atoms with Crippen molar-refractivity contribution in [3.63, 3.8) is 0 Å². The van der Waals surface area contributed by atoms with E-state index in [1.807, 2.05) is 26.0 Å². The van der Waals surface area contributed by atoms with E-state index in [-0.39, 0.29) is 11.2 Å². The summed E-state index contributed by atoms with van der Waals surface area (Å²) >= 11 is 0. The lowest BCUT2D eigenvalue weighted by molar-refractivity contribution is 0.0511. The normalized spacial score (nSPS) is 20.8. The van der Waals surface area contributed by atoms with Gasteiger partial charge in [0.05, 0.1) is 0 Å². The zero-order chi connectivity index (χ0) is 43.8. The first-order valence-electron chi connectivity index (χ1n) is 24.8. The summed E-state index contributed by atoms with van der Waals surface area (Å²) in [6, 6.07) is 5.50. The van der Waals surface area contributed by atoms with Crippen molar-refractivity contribution in [2.24, 2.45) is 35.5 Å². The van der Waals surface area contributed by atoms with Gasteiger partial charge in [-0.2, -0.15) is 0 Å². The second-order valence-electron chi connectivity index (χ2n) is 21.6. The molecule has 6 atom stereocenters. The van der Waals surface area contributed by atoms with Crippen molar-refractivity contribution in [3.8, 4) is 23.0 Å². The molecular weight excluding hydrogens is 725 g/mol. The van der Waals surface area contributed by atoms with Crippen LogP contribution in [0.2, 0.25) is 0 Å². The van der Waals surface area contributed by atoms with E-state index in [4.69, 9.17) is 9.47 Å². The van der Waals surface area contributed by atoms with E-state index in [1.165, 1.54) is 108 Å². The molecule has 0 aliphatic carbocycles. The molecule has 0 bridgehead atoms. The Hall–Kier alpha value is -2.36. The molecule has 4 nitrogen and oxygen atoms in total. The number of ether oxygens (including phenoxy) is 2. The number of phenolic OH excluding ortho intramolecular Hbond substituents is 2. The van der Waals surface area contributed by atoms with Crippen molar-refractivity contribution in [3.05, 3.63) is 46.0 Å². The lowest BCUT2D eigenvalue weighted by Crippen LogP contribution is -2.37. The number of aryl methyl sites for hydroxylation is 1. The first kappa shape index (κ1) is 51.0. The summed E-state index contributed by atoms with van der Waals surface area (Å²) in [6.07, 6.45) is 28.1. The van der Waals surface area contributed by atoms with Gasteiger partial charge in [-0.25, -0.2) is 0 Å². The first-order valence-corrected chi connectivity index (χ1v) is 24.8. The molecular formula is C55H94O4. The third-order valence-corrected chi connectivity index (χ3v) is 14.5. The van der Waals surface area contributed by atoms with Gasteiger partial charge in [0.25, 0.3) is 0 Å². The minimum atomic E-state index is -0.0712. The van der Waals surface area contributed by atoms with E-state index in [9.17, 15) is 10.2 Å². The fraction of sp³-hybridized carbons (Fsp3) is 0.782. The quantitative estimate of drug-likeness (QED) is 0.111. The van der Waals surface area contributed by atoms with Gasteiger partial charge >= 0.3 is 0 Å². The zero-order valence-electron chi connectivity index (χ0n) is 41.0. The molecule has 59 heavy (non-hydrogen) atoms. The van der Waals surface area contributed by atoms with Crippen LogP contribution >= 0.6 is 0 Å². The Bertz CT molecular complexity index is 1510. The minimum absolute atomic E-state index is 0.0470. The highest BCUT2D eigenvalue weighted by Crippen LogP contribution is 2.45. The van der Waals surface area contributed by atoms with Gasteiger partial charge in [0, 0.05) is 5.56 Å². The first-order chi connectivity index (χ1) is 27.8. The van der Waals surface area contributed by atoms with E-state index in [1.54, 1.807) is 6.07 Å². The summed E-state index contributed by atoms with van der Waals surface area (Å²) < 4.78 is 12.9. The second kappa shape index (κ2) is 24.9. The van der Waals surface area contributed by atoms with E-state index < -0.39 is 0 Å². The standard InChI is InChI=1S/C29H50O2.C26H44O2/c1-20(2)12-9-13-21(3)14-10-15-22(4)16-11-18-29(8)19-17-26-25(7)27(30)23(5)24(6)28(26)31-29;1-20(2)9-6-10-21(3)11-7-12-22(4)13-8-17-26(5)18-16-23-19-24(27)14-15-25(23)28-26/h20-22,30H,9-19H2,1-8H3;14-15,19-22,27H,6-13,16-18H2,1-5H3/t21-,22-,29-;/m1./s1. The fourth-order valence-corrected chi connectivity index (χ4v) is 9.83. The Morgan fingerprint density at radius 3 is 1.42 bits per heavy atom. The maximum atomic E-state index is 10.4. The number of aromatic hydroxyl groups is 2. The van der Waals surface area contributed by atoms with Gasteiger partial charge in [0.2, 0.25) is 0 Å². The summed E-state index contributed by atoms with van der Waals surface area (Å²) in [5.74, 6) is 7.90. The average Bonchev–Trinajstić information content (AvgIpc) is 3.16. The smallest absolute Gasteiger partial charge is 0.127 e. The van der Waals surface area contributed by atoms with E-state index in [0.717, 1.165) is 108 Å². The number of hydrogen-bond acceptors (Lipinski definition) is 4. The molecule has 2 heterocycles. The Morgan fingerprint density at radius 2 is 0.949 bits per heavy atom. The molecule has 2 aliphatic rings. The van der Waals surface area contributed by atoms with Crippen LogP contribution in [-0.4, -0.2) is 21.4 Å². The van der Waals surface area contributed by atoms with Crippen molar-refractivity contribution in [2.75, 3.05) is 0 Å². The number of benzene rings is 2. The van der Waals surface area contributed by atoms with E-state index in [2.05, 4.69) is 76.2 Å². The lowest BCUT2D eigenvalue weighted by atomic mass is 9.84. The van der Waals surface area contributed by atoms with Crippen molar-refractivity contribution in [1.82, 2.24) is 0 Å². The largest absolute Gasteiger partial charge is 0.508 e. The van der Waals surface area contributed by atoms with Crippen LogP contribution in [0, 0.1) is 56.3 Å². The molecule has 2 aromatic rings. The average molecular weight is 819 g/mol. The molecule has 2 aromatic carbocycles. The van der Waals surface area contributed by atoms with Gasteiger partial charge in [-0.15, -0.1) is 0 Å². The molecule has 0 fully saturated rings. The zero-order valence-corrected chi connectivity index (χ0v) is 41.0. The summed E-state index contributed by atoms with van der Waals surface area (Å²) in [4.78, 5) is 0. The summed E-state index contributed by atoms with van der Waals surface area (Å²) in [5.41, 5.74) is 5.33.